The first-order valence-corrected chi connectivity index (χ1v) is 18.5. The van der Waals surface area contributed by atoms with Crippen LogP contribution in [0.3, 0.4) is 0 Å². The Labute approximate surface area is 300 Å². The maximum atomic E-state index is 6.44. The van der Waals surface area contributed by atoms with Crippen LogP contribution in [-0.2, 0) is 7.05 Å². The Morgan fingerprint density at radius 2 is 1.35 bits per heavy atom. The highest BCUT2D eigenvalue weighted by molar-refractivity contribution is 7.72. The molecule has 10 rings (SSSR count). The minimum atomic E-state index is -0.977. The summed E-state index contributed by atoms with van der Waals surface area (Å²) >= 11 is 0. The molecule has 52 heavy (non-hydrogen) atoms. The number of benzene rings is 5. The van der Waals surface area contributed by atoms with Gasteiger partial charge in [0.2, 0.25) is 0 Å². The summed E-state index contributed by atoms with van der Waals surface area (Å²) < 4.78 is 19.1. The largest absolute Gasteiger partial charge is 0.430 e. The number of oxazole rings is 1. The van der Waals surface area contributed by atoms with Crippen LogP contribution >= 0.6 is 8.07 Å². The van der Waals surface area contributed by atoms with E-state index < -0.39 is 8.07 Å². The van der Waals surface area contributed by atoms with Crippen LogP contribution < -0.4 is 15.5 Å². The SMILES string of the molecule is Cc1cc(C)n(-c2coc3oc(N(c4ccccc4)c4cc5c(ccc6c7ccccc7n(P(c7ccccc7)c7ccccc7)c65)n4C)nc23)n1. The van der Waals surface area contributed by atoms with Crippen LogP contribution in [0.15, 0.2) is 155 Å². The molecule has 0 spiro atoms. The number of anilines is 3. The molecule has 0 unspecified atom stereocenters. The van der Waals surface area contributed by atoms with Crippen molar-refractivity contribution in [1.29, 1.82) is 0 Å². The zero-order chi connectivity index (χ0) is 34.9. The number of hydrogen-bond donors (Lipinski definition) is 0. The minimum Gasteiger partial charge on any atom is -0.430 e. The predicted molar refractivity (Wildman–Crippen MR) is 212 cm³/mol. The number of aromatic nitrogens is 5. The maximum absolute atomic E-state index is 6.44. The first-order valence-electron chi connectivity index (χ1n) is 17.2. The second-order valence-electron chi connectivity index (χ2n) is 13.0. The third-order valence-corrected chi connectivity index (χ3v) is 12.2. The lowest BCUT2D eigenvalue weighted by molar-refractivity contribution is 0.477. The number of furan rings is 1. The fourth-order valence-corrected chi connectivity index (χ4v) is 9.99. The Balaban J connectivity index is 1.24. The van der Waals surface area contributed by atoms with Gasteiger partial charge in [0.05, 0.1) is 36.0 Å². The van der Waals surface area contributed by atoms with Gasteiger partial charge >= 0.3 is 11.8 Å². The first kappa shape index (κ1) is 30.5. The fraction of sp³-hybridized carbons (Fsp3) is 0.0698. The summed E-state index contributed by atoms with van der Waals surface area (Å²) in [6, 6.07) is 50.0. The van der Waals surface area contributed by atoms with Crippen molar-refractivity contribution in [3.63, 3.8) is 0 Å². The van der Waals surface area contributed by atoms with Gasteiger partial charge in [-0.25, -0.2) is 9.58 Å². The fourth-order valence-electron chi connectivity index (χ4n) is 7.51. The van der Waals surface area contributed by atoms with Gasteiger partial charge in [0.15, 0.2) is 5.52 Å². The van der Waals surface area contributed by atoms with E-state index in [1.54, 1.807) is 6.26 Å². The number of para-hydroxylation sites is 2. The molecule has 0 aliphatic rings. The zero-order valence-corrected chi connectivity index (χ0v) is 29.7. The van der Waals surface area contributed by atoms with Crippen LogP contribution in [0.5, 0.6) is 0 Å². The normalized spacial score (nSPS) is 11.9. The van der Waals surface area contributed by atoms with Crippen molar-refractivity contribution >= 4 is 80.2 Å². The maximum Gasteiger partial charge on any atom is 0.321 e. The van der Waals surface area contributed by atoms with E-state index in [0.717, 1.165) is 39.5 Å². The van der Waals surface area contributed by atoms with E-state index in [4.69, 9.17) is 13.8 Å². The lowest BCUT2D eigenvalue weighted by Gasteiger charge is -2.23. The Kier molecular flexibility index (Phi) is 6.95. The van der Waals surface area contributed by atoms with Crippen LogP contribution in [0.4, 0.5) is 17.5 Å². The highest BCUT2D eigenvalue weighted by Gasteiger charge is 2.28. The van der Waals surface area contributed by atoms with Crippen molar-refractivity contribution in [2.75, 3.05) is 4.90 Å². The molecule has 0 amide bonds. The van der Waals surface area contributed by atoms with Crippen LogP contribution in [0.25, 0.3) is 49.7 Å². The van der Waals surface area contributed by atoms with Crippen molar-refractivity contribution < 1.29 is 8.83 Å². The van der Waals surface area contributed by atoms with Gasteiger partial charge in [-0.2, -0.15) is 10.1 Å². The summed E-state index contributed by atoms with van der Waals surface area (Å²) in [6.45, 7) is 4.00. The zero-order valence-electron chi connectivity index (χ0n) is 28.8. The van der Waals surface area contributed by atoms with Crippen LogP contribution in [0.1, 0.15) is 11.4 Å². The average Bonchev–Trinajstić information content (AvgIpc) is 3.99. The number of fused-ring (bicyclic) bond motifs is 6. The second-order valence-corrected chi connectivity index (χ2v) is 15.1. The number of nitrogens with zero attached hydrogens (tertiary/aromatic N) is 6. The number of aryl methyl sites for hydroxylation is 3. The molecule has 0 saturated carbocycles. The van der Waals surface area contributed by atoms with Crippen molar-refractivity contribution in [2.24, 2.45) is 7.05 Å². The molecule has 0 fully saturated rings. The van der Waals surface area contributed by atoms with Gasteiger partial charge in [-0.05, 0) is 50.2 Å². The van der Waals surface area contributed by atoms with Crippen molar-refractivity contribution in [3.05, 3.63) is 157 Å². The van der Waals surface area contributed by atoms with Gasteiger partial charge in [0.25, 0.3) is 0 Å². The van der Waals surface area contributed by atoms with Crippen LogP contribution in [-0.4, -0.2) is 23.7 Å². The van der Waals surface area contributed by atoms with E-state index in [2.05, 4.69) is 141 Å². The van der Waals surface area contributed by atoms with Gasteiger partial charge in [-0.3, -0.25) is 0 Å². The predicted octanol–water partition coefficient (Wildman–Crippen LogP) is 10.2. The third-order valence-electron chi connectivity index (χ3n) is 9.79. The molecule has 252 valence electrons. The van der Waals surface area contributed by atoms with E-state index in [1.807, 2.05) is 42.8 Å². The Morgan fingerprint density at radius 3 is 2.04 bits per heavy atom. The third kappa shape index (κ3) is 4.65. The lowest BCUT2D eigenvalue weighted by atomic mass is 10.1. The standard InChI is InChI=1S/C43H33N6O2P/c1-28-25-29(2)48(45-28)38-27-50-42-40(38)44-43(51-42)47(30-15-7-4-8-16-30)39-26-35-36(46(39)3)24-23-34-33-21-13-14-22-37(33)49(41(34)35)52(31-17-9-5-10-18-31)32-19-11-6-12-20-32/h4-27H,1-3H3. The molecule has 8 nitrogen and oxygen atoms in total. The monoisotopic (exact) mass is 696 g/mol. The minimum absolute atomic E-state index is 0.344. The lowest BCUT2D eigenvalue weighted by Crippen LogP contribution is -2.16. The van der Waals surface area contributed by atoms with E-state index >= 15 is 0 Å². The van der Waals surface area contributed by atoms with Crippen molar-refractivity contribution in [3.8, 4) is 5.69 Å². The molecule has 0 N–H and O–H groups in total. The smallest absolute Gasteiger partial charge is 0.321 e. The summed E-state index contributed by atoms with van der Waals surface area (Å²) in [5, 5.41) is 10.8. The summed E-state index contributed by atoms with van der Waals surface area (Å²) in [5.41, 5.74) is 7.67. The molecular formula is C43H33N6O2P. The molecule has 0 aliphatic heterocycles. The molecule has 5 aromatic heterocycles. The summed E-state index contributed by atoms with van der Waals surface area (Å²) in [6.07, 6.45) is 1.65. The van der Waals surface area contributed by atoms with E-state index in [0.29, 0.717) is 17.3 Å². The molecule has 0 aliphatic carbocycles. The molecule has 0 bridgehead atoms. The van der Waals surface area contributed by atoms with Crippen LogP contribution in [0, 0.1) is 13.8 Å². The van der Waals surface area contributed by atoms with Crippen molar-refractivity contribution in [2.45, 2.75) is 13.8 Å². The molecular weight excluding hydrogens is 663 g/mol. The topological polar surface area (TPSA) is 70.1 Å². The summed E-state index contributed by atoms with van der Waals surface area (Å²) in [5.74, 6) is 1.25. The van der Waals surface area contributed by atoms with Gasteiger partial charge in [0.1, 0.15) is 17.8 Å². The van der Waals surface area contributed by atoms with E-state index in [1.165, 1.54) is 32.4 Å². The molecule has 5 aromatic carbocycles. The summed E-state index contributed by atoms with van der Waals surface area (Å²) in [7, 11) is 1.13. The molecule has 5 heterocycles. The van der Waals surface area contributed by atoms with Gasteiger partial charge in [-0.15, -0.1) is 0 Å². The Hall–Kier alpha value is -6.37. The second kappa shape index (κ2) is 11.9. The van der Waals surface area contributed by atoms with Gasteiger partial charge in [-0.1, -0.05) is 103 Å². The van der Waals surface area contributed by atoms with Gasteiger partial charge in [0, 0.05) is 39.5 Å². The highest BCUT2D eigenvalue weighted by atomic mass is 31.1. The summed E-state index contributed by atoms with van der Waals surface area (Å²) in [4.78, 5) is 7.14. The Bertz CT molecular complexity index is 2860. The van der Waals surface area contributed by atoms with Gasteiger partial charge < -0.3 is 17.7 Å². The van der Waals surface area contributed by atoms with E-state index in [9.17, 15) is 0 Å². The van der Waals surface area contributed by atoms with E-state index in [-0.39, 0.29) is 0 Å². The van der Waals surface area contributed by atoms with Crippen molar-refractivity contribution in [1.82, 2.24) is 23.7 Å². The molecule has 0 radical (unpaired) electrons. The molecule has 0 saturated heterocycles. The molecule has 10 aromatic rings. The quantitative estimate of drug-likeness (QED) is 0.155. The number of hydrogen-bond acceptors (Lipinski definition) is 5. The molecule has 9 heteroatoms. The number of rotatable bonds is 7. The average molecular weight is 697 g/mol. The van der Waals surface area contributed by atoms with Crippen LogP contribution in [0.2, 0.25) is 0 Å². The first-order chi connectivity index (χ1) is 25.5. The Morgan fingerprint density at radius 1 is 0.673 bits per heavy atom. The highest BCUT2D eigenvalue weighted by Crippen LogP contribution is 2.48. The molecule has 0 atom stereocenters.